The van der Waals surface area contributed by atoms with Crippen molar-refractivity contribution in [2.45, 2.75) is 13.3 Å². The molecule has 2 aromatic carbocycles. The molecule has 0 radical (unpaired) electrons. The summed E-state index contributed by atoms with van der Waals surface area (Å²) in [6, 6.07) is 16.4. The van der Waals surface area contributed by atoms with Gasteiger partial charge in [0.1, 0.15) is 0 Å². The van der Waals surface area contributed by atoms with Crippen LogP contribution in [0, 0.1) is 6.92 Å². The summed E-state index contributed by atoms with van der Waals surface area (Å²) in [6.07, 6.45) is 1.87. The summed E-state index contributed by atoms with van der Waals surface area (Å²) < 4.78 is 5.78. The van der Waals surface area contributed by atoms with E-state index in [0.717, 1.165) is 22.4 Å². The lowest BCUT2D eigenvalue weighted by atomic mass is 10.1. The van der Waals surface area contributed by atoms with Crippen LogP contribution >= 0.6 is 23.8 Å². The van der Waals surface area contributed by atoms with E-state index < -0.39 is 0 Å². The molecule has 0 fully saturated rings. The van der Waals surface area contributed by atoms with Crippen molar-refractivity contribution >= 4 is 51.8 Å². The maximum Gasteiger partial charge on any atom is 0.230 e. The lowest BCUT2D eigenvalue weighted by molar-refractivity contribution is -0.119. The standard InChI is InChI=1S/C22H17ClN4O2S/c1-13-4-7-15(21-27-20-18(29-21)3-2-10-24-20)12-17(13)25-22(30)26-19(28)11-14-5-8-16(23)9-6-14/h2-10,12H,11H2,1H3,(H2,25,26,28,30). The van der Waals surface area contributed by atoms with E-state index in [4.69, 9.17) is 28.2 Å². The van der Waals surface area contributed by atoms with Crippen LogP contribution in [0.15, 0.2) is 65.2 Å². The fourth-order valence-corrected chi connectivity index (χ4v) is 3.24. The summed E-state index contributed by atoms with van der Waals surface area (Å²) in [6.45, 7) is 1.94. The minimum Gasteiger partial charge on any atom is -0.434 e. The van der Waals surface area contributed by atoms with Gasteiger partial charge in [0.2, 0.25) is 11.8 Å². The summed E-state index contributed by atoms with van der Waals surface area (Å²) in [7, 11) is 0. The van der Waals surface area contributed by atoms with Crippen molar-refractivity contribution < 1.29 is 9.21 Å². The first-order valence-electron chi connectivity index (χ1n) is 9.16. The third-order valence-corrected chi connectivity index (χ3v) is 4.88. The average Bonchev–Trinajstić information content (AvgIpc) is 3.15. The molecular formula is C22H17ClN4O2S. The number of nitrogens with one attached hydrogen (secondary N) is 2. The van der Waals surface area contributed by atoms with E-state index in [9.17, 15) is 4.79 Å². The molecule has 0 unspecified atom stereocenters. The van der Waals surface area contributed by atoms with Crippen LogP contribution in [0.5, 0.6) is 0 Å². The molecule has 2 heterocycles. The molecule has 0 saturated carbocycles. The minimum absolute atomic E-state index is 0.202. The Hall–Kier alpha value is -3.29. The molecule has 2 N–H and O–H groups in total. The molecule has 0 spiro atoms. The van der Waals surface area contributed by atoms with Crippen LogP contribution in [0.3, 0.4) is 0 Å². The summed E-state index contributed by atoms with van der Waals surface area (Å²) in [5.74, 6) is 0.248. The van der Waals surface area contributed by atoms with Crippen molar-refractivity contribution in [2.24, 2.45) is 0 Å². The molecule has 0 atom stereocenters. The van der Waals surface area contributed by atoms with Gasteiger partial charge < -0.3 is 15.1 Å². The second kappa shape index (κ2) is 8.61. The Morgan fingerprint density at radius 1 is 1.17 bits per heavy atom. The highest BCUT2D eigenvalue weighted by Crippen LogP contribution is 2.27. The number of amides is 1. The fourth-order valence-electron chi connectivity index (χ4n) is 2.89. The average molecular weight is 437 g/mol. The number of hydrogen-bond acceptors (Lipinski definition) is 5. The Balaban J connectivity index is 1.45. The number of nitrogens with zero attached hydrogens (tertiary/aromatic N) is 2. The smallest absolute Gasteiger partial charge is 0.230 e. The third kappa shape index (κ3) is 4.64. The van der Waals surface area contributed by atoms with Crippen molar-refractivity contribution in [1.82, 2.24) is 15.3 Å². The normalized spacial score (nSPS) is 10.7. The van der Waals surface area contributed by atoms with Crippen molar-refractivity contribution in [3.63, 3.8) is 0 Å². The molecule has 8 heteroatoms. The SMILES string of the molecule is Cc1ccc(-c2nc3ncccc3o2)cc1NC(=S)NC(=O)Cc1ccc(Cl)cc1. The molecule has 1 amide bonds. The van der Waals surface area contributed by atoms with Crippen molar-refractivity contribution in [3.05, 3.63) is 76.9 Å². The molecule has 0 saturated heterocycles. The molecule has 0 aliphatic heterocycles. The maximum absolute atomic E-state index is 12.3. The fraction of sp³-hybridized carbons (Fsp3) is 0.0909. The Bertz CT molecular complexity index is 1200. The molecule has 2 aromatic heterocycles. The zero-order chi connectivity index (χ0) is 21.1. The maximum atomic E-state index is 12.3. The Morgan fingerprint density at radius 3 is 2.73 bits per heavy atom. The second-order valence-corrected chi connectivity index (χ2v) is 7.52. The van der Waals surface area contributed by atoms with Crippen LogP contribution in [0.4, 0.5) is 5.69 Å². The van der Waals surface area contributed by atoms with Gasteiger partial charge in [-0.25, -0.2) is 4.98 Å². The number of carbonyl (C=O) groups is 1. The lowest BCUT2D eigenvalue weighted by Gasteiger charge is -2.12. The van der Waals surface area contributed by atoms with E-state index >= 15 is 0 Å². The van der Waals surface area contributed by atoms with Crippen LogP contribution in [-0.2, 0) is 11.2 Å². The molecule has 4 aromatic rings. The van der Waals surface area contributed by atoms with Crippen molar-refractivity contribution in [2.75, 3.05) is 5.32 Å². The van der Waals surface area contributed by atoms with Crippen molar-refractivity contribution in [3.8, 4) is 11.5 Å². The van der Waals surface area contributed by atoms with Gasteiger partial charge in [0.25, 0.3) is 0 Å². The van der Waals surface area contributed by atoms with E-state index in [-0.39, 0.29) is 17.4 Å². The van der Waals surface area contributed by atoms with Crippen molar-refractivity contribution in [1.29, 1.82) is 0 Å². The predicted molar refractivity (Wildman–Crippen MR) is 121 cm³/mol. The van der Waals surface area contributed by atoms with Crippen LogP contribution in [-0.4, -0.2) is 21.0 Å². The van der Waals surface area contributed by atoms with Gasteiger partial charge in [-0.05, 0) is 66.7 Å². The van der Waals surface area contributed by atoms with Gasteiger partial charge in [-0.1, -0.05) is 29.8 Å². The molecule has 150 valence electrons. The lowest BCUT2D eigenvalue weighted by Crippen LogP contribution is -2.35. The summed E-state index contributed by atoms with van der Waals surface area (Å²) in [5, 5.41) is 6.61. The number of fused-ring (bicyclic) bond motifs is 1. The topological polar surface area (TPSA) is 80.1 Å². The number of benzene rings is 2. The number of halogens is 1. The Kier molecular flexibility index (Phi) is 5.74. The molecule has 6 nitrogen and oxygen atoms in total. The number of aryl methyl sites for hydroxylation is 1. The first kappa shape index (κ1) is 20.0. The van der Waals surface area contributed by atoms with Crippen LogP contribution < -0.4 is 10.6 Å². The second-order valence-electron chi connectivity index (χ2n) is 6.68. The van der Waals surface area contributed by atoms with Crippen LogP contribution in [0.2, 0.25) is 5.02 Å². The molecule has 4 rings (SSSR count). The van der Waals surface area contributed by atoms with E-state index in [1.165, 1.54) is 0 Å². The van der Waals surface area contributed by atoms with E-state index in [1.807, 2.05) is 31.2 Å². The number of thiocarbonyl (C=S) groups is 1. The summed E-state index contributed by atoms with van der Waals surface area (Å²) in [4.78, 5) is 20.9. The molecular weight excluding hydrogens is 420 g/mol. The number of pyridine rings is 1. The highest BCUT2D eigenvalue weighted by Gasteiger charge is 2.12. The van der Waals surface area contributed by atoms with Gasteiger partial charge >= 0.3 is 0 Å². The van der Waals surface area contributed by atoms with E-state index in [0.29, 0.717) is 22.1 Å². The highest BCUT2D eigenvalue weighted by atomic mass is 35.5. The zero-order valence-corrected chi connectivity index (χ0v) is 17.6. The van der Waals surface area contributed by atoms with Gasteiger partial charge in [-0.3, -0.25) is 4.79 Å². The third-order valence-electron chi connectivity index (χ3n) is 4.43. The molecule has 0 bridgehead atoms. The van der Waals surface area contributed by atoms with Gasteiger partial charge in [0, 0.05) is 22.5 Å². The van der Waals surface area contributed by atoms with Crippen LogP contribution in [0.1, 0.15) is 11.1 Å². The van der Waals surface area contributed by atoms with Gasteiger partial charge in [0.15, 0.2) is 16.3 Å². The summed E-state index contributed by atoms with van der Waals surface area (Å²) >= 11 is 11.2. The Labute approximate surface area is 183 Å². The number of rotatable bonds is 4. The quantitative estimate of drug-likeness (QED) is 0.442. The largest absolute Gasteiger partial charge is 0.434 e. The molecule has 0 aliphatic carbocycles. The zero-order valence-electron chi connectivity index (χ0n) is 16.0. The summed E-state index contributed by atoms with van der Waals surface area (Å²) in [5.41, 5.74) is 4.50. The molecule has 0 aliphatic rings. The van der Waals surface area contributed by atoms with Gasteiger partial charge in [-0.15, -0.1) is 0 Å². The van der Waals surface area contributed by atoms with E-state index in [2.05, 4.69) is 20.6 Å². The number of hydrogen-bond donors (Lipinski definition) is 2. The minimum atomic E-state index is -0.214. The number of carbonyl (C=O) groups excluding carboxylic acids is 1. The van der Waals surface area contributed by atoms with Gasteiger partial charge in [0.05, 0.1) is 6.42 Å². The number of oxazole rings is 1. The Morgan fingerprint density at radius 2 is 1.97 bits per heavy atom. The van der Waals surface area contributed by atoms with E-state index in [1.54, 1.807) is 36.5 Å². The number of aromatic nitrogens is 2. The first-order chi connectivity index (χ1) is 14.5. The highest BCUT2D eigenvalue weighted by molar-refractivity contribution is 7.80. The monoisotopic (exact) mass is 436 g/mol. The van der Waals surface area contributed by atoms with Gasteiger partial charge in [-0.2, -0.15) is 4.98 Å². The van der Waals surface area contributed by atoms with Crippen LogP contribution in [0.25, 0.3) is 22.7 Å². The first-order valence-corrected chi connectivity index (χ1v) is 9.94. The predicted octanol–water partition coefficient (Wildman–Crippen LogP) is 4.91. The number of anilines is 1. The molecule has 30 heavy (non-hydrogen) atoms.